The maximum absolute atomic E-state index is 12.0. The molecule has 8 nitrogen and oxygen atoms in total. The molecule has 0 spiro atoms. The quantitative estimate of drug-likeness (QED) is 0.271. The summed E-state index contributed by atoms with van der Waals surface area (Å²) >= 11 is 0. The molecule has 0 amide bonds. The van der Waals surface area contributed by atoms with Gasteiger partial charge in [0.25, 0.3) is 0 Å². The molecule has 2 rings (SSSR count). The summed E-state index contributed by atoms with van der Waals surface area (Å²) in [7, 11) is -1.82. The first-order valence-electron chi connectivity index (χ1n) is 9.36. The first-order valence-corrected chi connectivity index (χ1v) is 12.3. The van der Waals surface area contributed by atoms with Crippen LogP contribution in [0.2, 0.25) is 18.1 Å². The Morgan fingerprint density at radius 3 is 2.37 bits per heavy atom. The number of Topliss-reactive ketones (excluding diaryl/α,β-unsaturated/α-hetero) is 1. The van der Waals surface area contributed by atoms with E-state index in [1.165, 1.54) is 11.6 Å². The fraction of sp³-hybridized carbons (Fsp3) is 0.778. The Morgan fingerprint density at radius 2 is 1.93 bits per heavy atom. The van der Waals surface area contributed by atoms with Crippen LogP contribution in [0, 0.1) is 17.0 Å². The number of hydrogen-bond acceptors (Lipinski definition) is 6. The number of nitro groups is 1. The van der Waals surface area contributed by atoms with Crippen LogP contribution < -0.4 is 4.74 Å². The Kier molecular flexibility index (Phi) is 5.87. The van der Waals surface area contributed by atoms with Crippen molar-refractivity contribution in [1.29, 1.82) is 0 Å². The Balaban J connectivity index is 2.03. The highest BCUT2D eigenvalue weighted by molar-refractivity contribution is 6.74. The predicted molar refractivity (Wildman–Crippen MR) is 105 cm³/mol. The van der Waals surface area contributed by atoms with Gasteiger partial charge in [0.05, 0.1) is 11.5 Å². The lowest BCUT2D eigenvalue weighted by molar-refractivity contribution is -0.386. The van der Waals surface area contributed by atoms with Crippen LogP contribution in [0.5, 0.6) is 5.88 Å². The molecule has 0 aromatic carbocycles. The van der Waals surface area contributed by atoms with Crippen molar-refractivity contribution in [1.82, 2.24) is 9.78 Å². The standard InChI is InChI=1S/C18H31N3O5Si/c1-13-15(21(23)24)16(19-20(13)18(9-10-18)14(2)22)25-11-8-12-26-27(6,7)17(3,4)5/h8-12H2,1-7H3. The third-order valence-corrected chi connectivity index (χ3v) is 10.4. The molecule has 1 fully saturated rings. The summed E-state index contributed by atoms with van der Waals surface area (Å²) < 4.78 is 13.2. The van der Waals surface area contributed by atoms with Crippen molar-refractivity contribution < 1.29 is 18.9 Å². The van der Waals surface area contributed by atoms with Crippen LogP contribution in [0.3, 0.4) is 0 Å². The Bertz CT molecular complexity index is 732. The smallest absolute Gasteiger partial charge is 0.353 e. The molecule has 1 saturated carbocycles. The van der Waals surface area contributed by atoms with Gasteiger partial charge in [0, 0.05) is 13.0 Å². The molecular weight excluding hydrogens is 366 g/mol. The molecule has 1 aliphatic carbocycles. The fourth-order valence-electron chi connectivity index (χ4n) is 2.80. The van der Waals surface area contributed by atoms with Gasteiger partial charge in [-0.2, -0.15) is 0 Å². The highest BCUT2D eigenvalue weighted by Crippen LogP contribution is 2.47. The monoisotopic (exact) mass is 397 g/mol. The third-order valence-electron chi connectivity index (χ3n) is 5.82. The molecule has 0 radical (unpaired) electrons. The van der Waals surface area contributed by atoms with E-state index in [0.29, 0.717) is 31.6 Å². The number of ketones is 1. The second-order valence-corrected chi connectivity index (χ2v) is 13.6. The van der Waals surface area contributed by atoms with Crippen molar-refractivity contribution in [3.8, 4) is 5.88 Å². The number of ether oxygens (including phenoxy) is 1. The van der Waals surface area contributed by atoms with Crippen LogP contribution in [-0.2, 0) is 14.8 Å². The number of nitrogens with zero attached hydrogens (tertiary/aromatic N) is 3. The van der Waals surface area contributed by atoms with Crippen LogP contribution in [0.4, 0.5) is 5.69 Å². The molecule has 27 heavy (non-hydrogen) atoms. The molecule has 0 unspecified atom stereocenters. The Morgan fingerprint density at radius 1 is 1.33 bits per heavy atom. The van der Waals surface area contributed by atoms with E-state index in [1.807, 2.05) is 0 Å². The van der Waals surface area contributed by atoms with Crippen LogP contribution in [-0.4, -0.2) is 42.0 Å². The lowest BCUT2D eigenvalue weighted by Gasteiger charge is -2.36. The number of rotatable bonds is 9. The van der Waals surface area contributed by atoms with Crippen molar-refractivity contribution in [2.45, 2.75) is 77.6 Å². The van der Waals surface area contributed by atoms with E-state index >= 15 is 0 Å². The summed E-state index contributed by atoms with van der Waals surface area (Å²) in [4.78, 5) is 22.9. The first kappa shape index (κ1) is 21.6. The van der Waals surface area contributed by atoms with E-state index < -0.39 is 18.8 Å². The number of aromatic nitrogens is 2. The van der Waals surface area contributed by atoms with E-state index in [2.05, 4.69) is 39.0 Å². The van der Waals surface area contributed by atoms with Crippen LogP contribution in [0.25, 0.3) is 0 Å². The predicted octanol–water partition coefficient (Wildman–Crippen LogP) is 3.97. The zero-order valence-corrected chi connectivity index (χ0v) is 18.4. The summed E-state index contributed by atoms with van der Waals surface area (Å²) in [6.07, 6.45) is 1.93. The maximum Gasteiger partial charge on any atom is 0.353 e. The number of carbonyl (C=O) groups is 1. The summed E-state index contributed by atoms with van der Waals surface area (Å²) in [5.74, 6) is -0.0466. The average molecular weight is 398 g/mol. The summed E-state index contributed by atoms with van der Waals surface area (Å²) in [5.41, 5.74) is -0.532. The molecular formula is C18H31N3O5Si. The van der Waals surface area contributed by atoms with Gasteiger partial charge in [-0.25, -0.2) is 4.68 Å². The lowest BCUT2D eigenvalue weighted by Crippen LogP contribution is -2.41. The third kappa shape index (κ3) is 4.24. The normalized spacial score (nSPS) is 16.3. The summed E-state index contributed by atoms with van der Waals surface area (Å²) in [5, 5.41) is 15.9. The van der Waals surface area contributed by atoms with Crippen molar-refractivity contribution in [3.05, 3.63) is 15.8 Å². The van der Waals surface area contributed by atoms with Gasteiger partial charge in [0.1, 0.15) is 11.2 Å². The molecule has 0 N–H and O–H groups in total. The maximum atomic E-state index is 12.0. The van der Waals surface area contributed by atoms with E-state index in [1.54, 1.807) is 6.92 Å². The number of carbonyl (C=O) groups excluding carboxylic acids is 1. The minimum absolute atomic E-state index is 0.0163. The van der Waals surface area contributed by atoms with Gasteiger partial charge in [-0.3, -0.25) is 14.9 Å². The SMILES string of the molecule is CC(=O)C1(n2nc(OCCCO[Si](C)(C)C(C)(C)C)c([N+](=O)[O-])c2C)CC1. The molecule has 1 aromatic rings. The molecule has 152 valence electrons. The summed E-state index contributed by atoms with van der Waals surface area (Å²) in [6, 6.07) is 0. The second kappa shape index (κ2) is 7.35. The van der Waals surface area contributed by atoms with Gasteiger partial charge in [-0.15, -0.1) is 5.10 Å². The van der Waals surface area contributed by atoms with Crippen LogP contribution in [0.15, 0.2) is 0 Å². The largest absolute Gasteiger partial charge is 0.472 e. The molecule has 1 heterocycles. The Hall–Kier alpha value is -1.74. The second-order valence-electron chi connectivity index (χ2n) is 8.81. The Labute approximate surface area is 161 Å². The van der Waals surface area contributed by atoms with Crippen molar-refractivity contribution >= 4 is 19.8 Å². The van der Waals surface area contributed by atoms with E-state index in [-0.39, 0.29) is 29.0 Å². The van der Waals surface area contributed by atoms with Gasteiger partial charge in [-0.1, -0.05) is 20.8 Å². The lowest BCUT2D eigenvalue weighted by atomic mass is 10.2. The van der Waals surface area contributed by atoms with Crippen LogP contribution >= 0.6 is 0 Å². The fourth-order valence-corrected chi connectivity index (χ4v) is 3.88. The van der Waals surface area contributed by atoms with E-state index in [4.69, 9.17) is 9.16 Å². The highest BCUT2D eigenvalue weighted by atomic mass is 28.4. The van der Waals surface area contributed by atoms with Gasteiger partial charge < -0.3 is 9.16 Å². The minimum atomic E-state index is -1.82. The van der Waals surface area contributed by atoms with Crippen molar-refractivity contribution in [2.75, 3.05) is 13.2 Å². The molecule has 0 aliphatic heterocycles. The van der Waals surface area contributed by atoms with Gasteiger partial charge in [-0.05, 0) is 44.8 Å². The zero-order valence-electron chi connectivity index (χ0n) is 17.4. The van der Waals surface area contributed by atoms with Crippen molar-refractivity contribution in [3.63, 3.8) is 0 Å². The minimum Gasteiger partial charge on any atom is -0.472 e. The molecule has 1 aliphatic rings. The van der Waals surface area contributed by atoms with Gasteiger partial charge in [0.2, 0.25) is 0 Å². The van der Waals surface area contributed by atoms with Crippen molar-refractivity contribution in [2.24, 2.45) is 0 Å². The number of hydrogen-bond donors (Lipinski definition) is 0. The molecule has 0 atom stereocenters. The molecule has 0 saturated heterocycles. The first-order chi connectivity index (χ1) is 12.3. The zero-order chi connectivity index (χ0) is 20.6. The molecule has 9 heteroatoms. The van der Waals surface area contributed by atoms with E-state index in [0.717, 1.165) is 0 Å². The highest BCUT2D eigenvalue weighted by Gasteiger charge is 2.52. The molecule has 0 bridgehead atoms. The van der Waals surface area contributed by atoms with Gasteiger partial charge in [0.15, 0.2) is 14.1 Å². The topological polar surface area (TPSA) is 96.5 Å². The van der Waals surface area contributed by atoms with E-state index in [9.17, 15) is 14.9 Å². The molecule has 1 aromatic heterocycles. The average Bonchev–Trinajstić information content (AvgIpc) is 3.25. The van der Waals surface area contributed by atoms with Crippen LogP contribution in [0.1, 0.15) is 52.7 Å². The summed E-state index contributed by atoms with van der Waals surface area (Å²) in [6.45, 7) is 14.8. The van der Waals surface area contributed by atoms with Gasteiger partial charge >= 0.3 is 11.6 Å².